The summed E-state index contributed by atoms with van der Waals surface area (Å²) in [5.41, 5.74) is 1.86. The molecule has 4 aromatic rings. The first kappa shape index (κ1) is 22.0. The molecule has 2 aromatic heterocycles. The molecule has 0 saturated heterocycles. The average molecular weight is 525 g/mol. The largest absolute Gasteiger partial charge is 0.457 e. The molecule has 0 bridgehead atoms. The molecule has 1 amide bonds. The van der Waals surface area contributed by atoms with Crippen molar-refractivity contribution in [3.63, 3.8) is 0 Å². The summed E-state index contributed by atoms with van der Waals surface area (Å²) in [4.78, 5) is 17.8. The maximum Gasteiger partial charge on any atom is 0.268 e. The highest BCUT2D eigenvalue weighted by Gasteiger charge is 2.14. The molecule has 32 heavy (non-hydrogen) atoms. The number of hydrogen-bond acceptors (Lipinski definition) is 5. The predicted molar refractivity (Wildman–Crippen MR) is 130 cm³/mol. The highest BCUT2D eigenvalue weighted by atomic mass is 79.9. The van der Waals surface area contributed by atoms with Crippen LogP contribution in [-0.4, -0.2) is 10.9 Å². The van der Waals surface area contributed by atoms with Gasteiger partial charge in [0, 0.05) is 38.6 Å². The van der Waals surface area contributed by atoms with Gasteiger partial charge < -0.3 is 4.42 Å². The molecule has 0 unspecified atom stereocenters. The van der Waals surface area contributed by atoms with Crippen molar-refractivity contribution in [3.8, 4) is 17.4 Å². The summed E-state index contributed by atoms with van der Waals surface area (Å²) in [6.45, 7) is 0. The zero-order valence-corrected chi connectivity index (χ0v) is 19.7. The van der Waals surface area contributed by atoms with Crippen LogP contribution in [0.4, 0.5) is 5.13 Å². The van der Waals surface area contributed by atoms with Gasteiger partial charge in [-0.2, -0.15) is 5.26 Å². The van der Waals surface area contributed by atoms with Crippen LogP contribution >= 0.6 is 38.9 Å². The third-order valence-corrected chi connectivity index (χ3v) is 6.13. The second kappa shape index (κ2) is 9.96. The number of carbonyl (C=O) groups excluding carboxylic acids is 1. The first-order chi connectivity index (χ1) is 15.5. The standard InChI is InChI=1S/C24H15BrClN3O2S/c25-18-6-4-15(5-7-18)10-21-14-28-24(32-21)29-23(30)17(13-27)12-20-8-9-22(31-20)16-2-1-3-19(26)11-16/h1-9,11-12,14H,10H2,(H,28,29,30)/b17-12+. The second-order valence-electron chi connectivity index (χ2n) is 6.77. The van der Waals surface area contributed by atoms with Gasteiger partial charge in [-0.15, -0.1) is 11.3 Å². The van der Waals surface area contributed by atoms with E-state index < -0.39 is 5.91 Å². The van der Waals surface area contributed by atoms with E-state index in [-0.39, 0.29) is 5.57 Å². The molecule has 0 fully saturated rings. The molecule has 158 valence electrons. The Morgan fingerprint density at radius 2 is 2.03 bits per heavy atom. The van der Waals surface area contributed by atoms with E-state index >= 15 is 0 Å². The number of halogens is 2. The van der Waals surface area contributed by atoms with Crippen LogP contribution in [0, 0.1) is 11.3 Å². The summed E-state index contributed by atoms with van der Waals surface area (Å²) in [6, 6.07) is 20.6. The van der Waals surface area contributed by atoms with Gasteiger partial charge in [0.2, 0.25) is 0 Å². The fourth-order valence-electron chi connectivity index (χ4n) is 2.93. The molecule has 0 aliphatic heterocycles. The number of amides is 1. The molecule has 0 saturated carbocycles. The Kier molecular flexibility index (Phi) is 6.86. The lowest BCUT2D eigenvalue weighted by atomic mass is 10.1. The van der Waals surface area contributed by atoms with E-state index in [1.807, 2.05) is 42.5 Å². The van der Waals surface area contributed by atoms with Gasteiger partial charge in [-0.3, -0.25) is 10.1 Å². The first-order valence-electron chi connectivity index (χ1n) is 9.48. The minimum atomic E-state index is -0.544. The number of thiazole rings is 1. The fourth-order valence-corrected chi connectivity index (χ4v) is 4.23. The van der Waals surface area contributed by atoms with Crippen LogP contribution in [0.3, 0.4) is 0 Å². The van der Waals surface area contributed by atoms with E-state index in [4.69, 9.17) is 16.0 Å². The summed E-state index contributed by atoms with van der Waals surface area (Å²) in [5.74, 6) is 0.438. The van der Waals surface area contributed by atoms with Crippen molar-refractivity contribution in [2.45, 2.75) is 6.42 Å². The average Bonchev–Trinajstić information content (AvgIpc) is 3.43. The summed E-state index contributed by atoms with van der Waals surface area (Å²) >= 11 is 10.8. The van der Waals surface area contributed by atoms with Gasteiger partial charge in [-0.1, -0.05) is 51.8 Å². The third kappa shape index (κ3) is 5.54. The van der Waals surface area contributed by atoms with Crippen LogP contribution in [0.25, 0.3) is 17.4 Å². The van der Waals surface area contributed by atoms with Crippen molar-refractivity contribution < 1.29 is 9.21 Å². The zero-order chi connectivity index (χ0) is 22.5. The molecule has 0 radical (unpaired) electrons. The minimum absolute atomic E-state index is 0.0818. The number of rotatable bonds is 6. The van der Waals surface area contributed by atoms with Gasteiger partial charge in [0.1, 0.15) is 23.2 Å². The summed E-state index contributed by atoms with van der Waals surface area (Å²) < 4.78 is 6.77. The van der Waals surface area contributed by atoms with E-state index in [0.29, 0.717) is 28.1 Å². The number of nitrogens with one attached hydrogen (secondary N) is 1. The maximum atomic E-state index is 12.6. The van der Waals surface area contributed by atoms with Crippen LogP contribution in [-0.2, 0) is 11.2 Å². The number of aromatic nitrogens is 1. The van der Waals surface area contributed by atoms with Crippen molar-refractivity contribution in [3.05, 3.63) is 98.1 Å². The van der Waals surface area contributed by atoms with E-state index in [2.05, 4.69) is 26.2 Å². The maximum absolute atomic E-state index is 12.6. The van der Waals surface area contributed by atoms with Crippen molar-refractivity contribution in [2.75, 3.05) is 5.32 Å². The van der Waals surface area contributed by atoms with Gasteiger partial charge in [0.25, 0.3) is 5.91 Å². The van der Waals surface area contributed by atoms with E-state index in [1.165, 1.54) is 17.4 Å². The topological polar surface area (TPSA) is 78.9 Å². The quantitative estimate of drug-likeness (QED) is 0.218. The van der Waals surface area contributed by atoms with Gasteiger partial charge in [0.05, 0.1) is 0 Å². The molecule has 5 nitrogen and oxygen atoms in total. The molecule has 8 heteroatoms. The summed E-state index contributed by atoms with van der Waals surface area (Å²) in [7, 11) is 0. The van der Waals surface area contributed by atoms with E-state index in [9.17, 15) is 10.1 Å². The van der Waals surface area contributed by atoms with E-state index in [0.717, 1.165) is 20.5 Å². The molecule has 0 aliphatic carbocycles. The molecular formula is C24H15BrClN3O2S. The molecule has 2 heterocycles. The smallest absolute Gasteiger partial charge is 0.268 e. The summed E-state index contributed by atoms with van der Waals surface area (Å²) in [6.07, 6.45) is 3.84. The SMILES string of the molecule is N#C/C(=C\c1ccc(-c2cccc(Cl)c2)o1)C(=O)Nc1ncc(Cc2ccc(Br)cc2)s1. The van der Waals surface area contributed by atoms with Crippen molar-refractivity contribution >= 4 is 56.0 Å². The Morgan fingerprint density at radius 3 is 2.78 bits per heavy atom. The number of benzene rings is 2. The Bertz CT molecular complexity index is 1340. The lowest BCUT2D eigenvalue weighted by Gasteiger charge is -2.00. The van der Waals surface area contributed by atoms with Crippen LogP contribution in [0.2, 0.25) is 5.02 Å². The fraction of sp³-hybridized carbons (Fsp3) is 0.0417. The summed E-state index contributed by atoms with van der Waals surface area (Å²) in [5, 5.41) is 13.2. The van der Waals surface area contributed by atoms with Gasteiger partial charge in [-0.25, -0.2) is 4.98 Å². The molecule has 0 atom stereocenters. The highest BCUT2D eigenvalue weighted by molar-refractivity contribution is 9.10. The van der Waals surface area contributed by atoms with Crippen LogP contribution in [0.5, 0.6) is 0 Å². The Balaban J connectivity index is 1.44. The van der Waals surface area contributed by atoms with Gasteiger partial charge in [-0.05, 0) is 42.0 Å². The molecule has 0 aliphatic rings. The number of nitriles is 1. The predicted octanol–water partition coefficient (Wildman–Crippen LogP) is 6.96. The normalized spacial score (nSPS) is 11.2. The molecule has 2 aromatic carbocycles. The van der Waals surface area contributed by atoms with Crippen LogP contribution in [0.1, 0.15) is 16.2 Å². The number of hydrogen-bond donors (Lipinski definition) is 1. The van der Waals surface area contributed by atoms with Crippen molar-refractivity contribution in [2.24, 2.45) is 0 Å². The lowest BCUT2D eigenvalue weighted by molar-refractivity contribution is -0.112. The number of carbonyl (C=O) groups is 1. The van der Waals surface area contributed by atoms with Crippen LogP contribution in [0.15, 0.2) is 81.3 Å². The monoisotopic (exact) mass is 523 g/mol. The highest BCUT2D eigenvalue weighted by Crippen LogP contribution is 2.26. The van der Waals surface area contributed by atoms with Gasteiger partial charge >= 0.3 is 0 Å². The molecule has 4 rings (SSSR count). The molecule has 1 N–H and O–H groups in total. The molecule has 0 spiro atoms. The Hall–Kier alpha value is -3.18. The van der Waals surface area contributed by atoms with Crippen molar-refractivity contribution in [1.29, 1.82) is 5.26 Å². The number of anilines is 1. The first-order valence-corrected chi connectivity index (χ1v) is 11.5. The van der Waals surface area contributed by atoms with E-state index in [1.54, 1.807) is 30.5 Å². The van der Waals surface area contributed by atoms with Crippen LogP contribution < -0.4 is 5.32 Å². The number of nitrogens with zero attached hydrogens (tertiary/aromatic N) is 2. The zero-order valence-electron chi connectivity index (χ0n) is 16.5. The minimum Gasteiger partial charge on any atom is -0.457 e. The molecular weight excluding hydrogens is 510 g/mol. The second-order valence-corrected chi connectivity index (χ2v) is 9.24. The Labute approximate surface area is 202 Å². The lowest BCUT2D eigenvalue weighted by Crippen LogP contribution is -2.13. The Morgan fingerprint density at radius 1 is 1.22 bits per heavy atom. The third-order valence-electron chi connectivity index (χ3n) is 4.45. The number of furan rings is 1. The van der Waals surface area contributed by atoms with Crippen molar-refractivity contribution in [1.82, 2.24) is 4.98 Å². The van der Waals surface area contributed by atoms with Gasteiger partial charge in [0.15, 0.2) is 5.13 Å².